The molecule has 3 heterocycles. The molecule has 0 radical (unpaired) electrons. The number of benzene rings is 1. The second-order valence-electron chi connectivity index (χ2n) is 5.27. The molecule has 0 saturated carbocycles. The molecule has 0 aliphatic carbocycles. The minimum atomic E-state index is -0.251. The van der Waals surface area contributed by atoms with Gasteiger partial charge in [-0.2, -0.15) is 0 Å². The van der Waals surface area contributed by atoms with Crippen LogP contribution in [-0.4, -0.2) is 21.1 Å². The maximum atomic E-state index is 13.5. The average molecular weight is 282 g/mol. The van der Waals surface area contributed by atoms with Crippen molar-refractivity contribution in [1.29, 1.82) is 0 Å². The Hall–Kier alpha value is -2.27. The fraction of sp³-hybridized carbons (Fsp3) is 0.250. The van der Waals surface area contributed by atoms with Gasteiger partial charge in [-0.3, -0.25) is 9.88 Å². The zero-order valence-corrected chi connectivity index (χ0v) is 11.5. The van der Waals surface area contributed by atoms with Gasteiger partial charge in [0, 0.05) is 11.8 Å². The summed E-state index contributed by atoms with van der Waals surface area (Å²) < 4.78 is 15.6. The molecule has 0 spiro atoms. The number of hydrogen-bond donors (Lipinski definition) is 1. The normalized spacial score (nSPS) is 18.4. The highest BCUT2D eigenvalue weighted by Crippen LogP contribution is 2.30. The molecular weight excluding hydrogens is 267 g/mol. The lowest BCUT2D eigenvalue weighted by Gasteiger charge is -2.16. The molecule has 1 N–H and O–H groups in total. The molecule has 0 bridgehead atoms. The molecule has 1 aliphatic heterocycles. The molecule has 106 valence electrons. The Bertz CT molecular complexity index is 790. The van der Waals surface area contributed by atoms with Gasteiger partial charge in [-0.25, -0.2) is 14.4 Å². The monoisotopic (exact) mass is 282 g/mol. The van der Waals surface area contributed by atoms with E-state index < -0.39 is 0 Å². The van der Waals surface area contributed by atoms with Crippen molar-refractivity contribution in [2.75, 3.05) is 6.54 Å². The maximum Gasteiger partial charge on any atom is 0.161 e. The lowest BCUT2D eigenvalue weighted by molar-refractivity contribution is 0.483. The quantitative estimate of drug-likeness (QED) is 0.785. The Kier molecular flexibility index (Phi) is 2.93. The third kappa shape index (κ3) is 2.10. The first-order chi connectivity index (χ1) is 10.3. The predicted molar refractivity (Wildman–Crippen MR) is 79.2 cm³/mol. The van der Waals surface area contributed by atoms with Gasteiger partial charge >= 0.3 is 0 Å². The van der Waals surface area contributed by atoms with Gasteiger partial charge in [0.1, 0.15) is 17.2 Å². The molecule has 2 aromatic heterocycles. The Morgan fingerprint density at radius 2 is 2.19 bits per heavy atom. The van der Waals surface area contributed by atoms with E-state index in [1.807, 2.05) is 18.2 Å². The zero-order chi connectivity index (χ0) is 14.2. The van der Waals surface area contributed by atoms with Crippen molar-refractivity contribution in [1.82, 2.24) is 19.9 Å². The third-order valence-electron chi connectivity index (χ3n) is 3.88. The molecule has 1 atom stereocenters. The molecule has 1 saturated heterocycles. The lowest BCUT2D eigenvalue weighted by Crippen LogP contribution is -2.21. The van der Waals surface area contributed by atoms with E-state index in [9.17, 15) is 4.39 Å². The van der Waals surface area contributed by atoms with Gasteiger partial charge in [0.15, 0.2) is 5.65 Å². The van der Waals surface area contributed by atoms with Crippen LogP contribution in [-0.2, 0) is 0 Å². The standard InChI is InChI=1S/C16H15FN4/c17-12-5-1-4-11(10-12)15-20-13-6-2-9-19-16(13)21(15)14-7-3-8-18-14/h1-2,4-6,9-10,14,18H,3,7-8H2. The molecule has 4 rings (SSSR count). The Morgan fingerprint density at radius 1 is 1.24 bits per heavy atom. The smallest absolute Gasteiger partial charge is 0.161 e. The molecular formula is C16H15FN4. The average Bonchev–Trinajstić information content (AvgIpc) is 3.14. The van der Waals surface area contributed by atoms with Crippen LogP contribution < -0.4 is 5.32 Å². The zero-order valence-electron chi connectivity index (χ0n) is 11.5. The van der Waals surface area contributed by atoms with Crippen LogP contribution in [0.3, 0.4) is 0 Å². The summed E-state index contributed by atoms with van der Waals surface area (Å²) in [6.45, 7) is 0.986. The van der Waals surface area contributed by atoms with Crippen molar-refractivity contribution in [3.05, 3.63) is 48.4 Å². The molecule has 1 unspecified atom stereocenters. The molecule has 1 aromatic carbocycles. The SMILES string of the molecule is Fc1cccc(-c2nc3cccnc3n2C2CCCN2)c1. The van der Waals surface area contributed by atoms with Gasteiger partial charge in [0.05, 0.1) is 6.17 Å². The van der Waals surface area contributed by atoms with E-state index in [-0.39, 0.29) is 12.0 Å². The van der Waals surface area contributed by atoms with Gasteiger partial charge in [0.25, 0.3) is 0 Å². The number of fused-ring (bicyclic) bond motifs is 1. The fourth-order valence-electron chi connectivity index (χ4n) is 2.94. The predicted octanol–water partition coefficient (Wildman–Crippen LogP) is 3.12. The molecule has 1 aliphatic rings. The summed E-state index contributed by atoms with van der Waals surface area (Å²) in [6, 6.07) is 10.4. The molecule has 1 fully saturated rings. The highest BCUT2D eigenvalue weighted by atomic mass is 19.1. The van der Waals surface area contributed by atoms with E-state index in [4.69, 9.17) is 0 Å². The third-order valence-corrected chi connectivity index (χ3v) is 3.88. The van der Waals surface area contributed by atoms with Crippen LogP contribution in [0.25, 0.3) is 22.6 Å². The van der Waals surface area contributed by atoms with Crippen molar-refractivity contribution in [3.8, 4) is 11.4 Å². The van der Waals surface area contributed by atoms with E-state index in [1.54, 1.807) is 12.3 Å². The minimum absolute atomic E-state index is 0.170. The van der Waals surface area contributed by atoms with Crippen molar-refractivity contribution < 1.29 is 4.39 Å². The Labute approximate surface area is 121 Å². The number of hydrogen-bond acceptors (Lipinski definition) is 3. The number of nitrogens with one attached hydrogen (secondary N) is 1. The first-order valence-electron chi connectivity index (χ1n) is 7.15. The molecule has 21 heavy (non-hydrogen) atoms. The lowest BCUT2D eigenvalue weighted by atomic mass is 10.2. The summed E-state index contributed by atoms with van der Waals surface area (Å²) in [4.78, 5) is 9.12. The van der Waals surface area contributed by atoms with Gasteiger partial charge in [-0.05, 0) is 43.7 Å². The summed E-state index contributed by atoms with van der Waals surface area (Å²) in [5.74, 6) is 0.515. The number of halogens is 1. The summed E-state index contributed by atoms with van der Waals surface area (Å²) in [6.07, 6.45) is 4.10. The van der Waals surface area contributed by atoms with E-state index in [0.717, 1.165) is 41.9 Å². The number of pyridine rings is 1. The number of nitrogens with zero attached hydrogens (tertiary/aromatic N) is 3. The van der Waals surface area contributed by atoms with Crippen molar-refractivity contribution in [3.63, 3.8) is 0 Å². The van der Waals surface area contributed by atoms with Crippen LogP contribution in [0.4, 0.5) is 4.39 Å². The molecule has 5 heteroatoms. The minimum Gasteiger partial charge on any atom is -0.297 e. The largest absolute Gasteiger partial charge is 0.297 e. The summed E-state index contributed by atoms with van der Waals surface area (Å²) in [5.41, 5.74) is 2.46. The van der Waals surface area contributed by atoms with E-state index in [1.165, 1.54) is 12.1 Å². The molecule has 0 amide bonds. The van der Waals surface area contributed by atoms with Gasteiger partial charge in [0.2, 0.25) is 0 Å². The number of aromatic nitrogens is 3. The second-order valence-corrected chi connectivity index (χ2v) is 5.27. The Morgan fingerprint density at radius 3 is 3.00 bits per heavy atom. The van der Waals surface area contributed by atoms with Crippen LogP contribution in [0.1, 0.15) is 19.0 Å². The fourth-order valence-corrected chi connectivity index (χ4v) is 2.94. The van der Waals surface area contributed by atoms with Crippen LogP contribution in [0.2, 0.25) is 0 Å². The van der Waals surface area contributed by atoms with Gasteiger partial charge < -0.3 is 0 Å². The first kappa shape index (κ1) is 12.5. The molecule has 4 nitrogen and oxygen atoms in total. The van der Waals surface area contributed by atoms with Crippen molar-refractivity contribution >= 4 is 11.2 Å². The van der Waals surface area contributed by atoms with Crippen LogP contribution in [0.5, 0.6) is 0 Å². The first-order valence-corrected chi connectivity index (χ1v) is 7.15. The number of imidazole rings is 1. The Balaban J connectivity index is 1.97. The maximum absolute atomic E-state index is 13.5. The molecule has 3 aromatic rings. The van der Waals surface area contributed by atoms with E-state index >= 15 is 0 Å². The summed E-state index contributed by atoms with van der Waals surface area (Å²) in [5, 5.41) is 3.47. The van der Waals surface area contributed by atoms with Crippen LogP contribution >= 0.6 is 0 Å². The van der Waals surface area contributed by atoms with Gasteiger partial charge in [-0.15, -0.1) is 0 Å². The van der Waals surface area contributed by atoms with E-state index in [0.29, 0.717) is 0 Å². The second kappa shape index (κ2) is 4.93. The van der Waals surface area contributed by atoms with Gasteiger partial charge in [-0.1, -0.05) is 12.1 Å². The number of rotatable bonds is 2. The van der Waals surface area contributed by atoms with Crippen molar-refractivity contribution in [2.24, 2.45) is 0 Å². The highest BCUT2D eigenvalue weighted by Gasteiger charge is 2.23. The van der Waals surface area contributed by atoms with Crippen LogP contribution in [0, 0.1) is 5.82 Å². The highest BCUT2D eigenvalue weighted by molar-refractivity contribution is 5.77. The summed E-state index contributed by atoms with van der Waals surface area (Å²) >= 11 is 0. The van der Waals surface area contributed by atoms with Crippen LogP contribution in [0.15, 0.2) is 42.6 Å². The van der Waals surface area contributed by atoms with Crippen molar-refractivity contribution in [2.45, 2.75) is 19.0 Å². The topological polar surface area (TPSA) is 42.7 Å². The van der Waals surface area contributed by atoms with E-state index in [2.05, 4.69) is 19.9 Å². The summed E-state index contributed by atoms with van der Waals surface area (Å²) in [7, 11) is 0.